The van der Waals surface area contributed by atoms with Crippen molar-refractivity contribution in [3.05, 3.63) is 17.8 Å². The van der Waals surface area contributed by atoms with Crippen molar-refractivity contribution < 1.29 is 9.59 Å². The van der Waals surface area contributed by atoms with Crippen molar-refractivity contribution >= 4 is 17.8 Å². The van der Waals surface area contributed by atoms with Crippen molar-refractivity contribution in [1.82, 2.24) is 25.7 Å². The van der Waals surface area contributed by atoms with Gasteiger partial charge in [-0.3, -0.25) is 15.0 Å². The molecular weight excluding hydrogens is 320 g/mol. The Morgan fingerprint density at radius 3 is 2.64 bits per heavy atom. The molecule has 8 heteroatoms. The third kappa shape index (κ3) is 4.88. The third-order valence-corrected chi connectivity index (χ3v) is 4.71. The van der Waals surface area contributed by atoms with E-state index in [1.165, 1.54) is 0 Å². The standard InChI is InChI=1S/C17H26N6O2/c1-12-4-7-15(21-20-12)23-9-3-8-22(10-11-23)13(2)16(24)19-17(25)18-14-5-6-14/h4,7,13-14H,3,5-6,8-11H2,1-2H3,(H2,18,19,24,25)/t13-/m0/s1. The van der Waals surface area contributed by atoms with Crippen molar-refractivity contribution in [2.45, 2.75) is 45.2 Å². The van der Waals surface area contributed by atoms with Crippen molar-refractivity contribution in [1.29, 1.82) is 0 Å². The Bertz CT molecular complexity index is 616. The van der Waals surface area contributed by atoms with E-state index < -0.39 is 0 Å². The fraction of sp³-hybridized carbons (Fsp3) is 0.647. The second-order valence-corrected chi connectivity index (χ2v) is 6.82. The predicted molar refractivity (Wildman–Crippen MR) is 94.3 cm³/mol. The number of nitrogens with zero attached hydrogens (tertiary/aromatic N) is 4. The minimum atomic E-state index is -0.384. The normalized spacial score (nSPS) is 19.8. The van der Waals surface area contributed by atoms with Gasteiger partial charge in [0.25, 0.3) is 0 Å². The minimum Gasteiger partial charge on any atom is -0.354 e. The van der Waals surface area contributed by atoms with Crippen LogP contribution in [0.4, 0.5) is 10.6 Å². The second kappa shape index (κ2) is 7.77. The highest BCUT2D eigenvalue weighted by Gasteiger charge is 2.28. The lowest BCUT2D eigenvalue weighted by Gasteiger charge is -2.26. The molecule has 0 aromatic carbocycles. The van der Waals surface area contributed by atoms with E-state index in [1.54, 1.807) is 0 Å². The number of urea groups is 1. The Balaban J connectivity index is 1.51. The highest BCUT2D eigenvalue weighted by molar-refractivity contribution is 5.97. The van der Waals surface area contributed by atoms with E-state index in [0.717, 1.165) is 57.0 Å². The molecule has 3 amide bonds. The fourth-order valence-electron chi connectivity index (χ4n) is 2.95. The Labute approximate surface area is 148 Å². The van der Waals surface area contributed by atoms with E-state index in [0.29, 0.717) is 0 Å². The van der Waals surface area contributed by atoms with Gasteiger partial charge >= 0.3 is 6.03 Å². The number of amides is 3. The highest BCUT2D eigenvalue weighted by atomic mass is 16.2. The minimum absolute atomic E-state index is 0.241. The quantitative estimate of drug-likeness (QED) is 0.833. The summed E-state index contributed by atoms with van der Waals surface area (Å²) >= 11 is 0. The Kier molecular flexibility index (Phi) is 5.47. The van der Waals surface area contributed by atoms with E-state index in [4.69, 9.17) is 0 Å². The van der Waals surface area contributed by atoms with E-state index in [9.17, 15) is 9.59 Å². The predicted octanol–water partition coefficient (Wildman–Crippen LogP) is 0.674. The molecule has 2 N–H and O–H groups in total. The summed E-state index contributed by atoms with van der Waals surface area (Å²) in [6.45, 7) is 6.99. The fourth-order valence-corrected chi connectivity index (χ4v) is 2.95. The molecule has 0 bridgehead atoms. The molecule has 25 heavy (non-hydrogen) atoms. The largest absolute Gasteiger partial charge is 0.354 e. The molecule has 2 aliphatic rings. The number of hydrogen-bond donors (Lipinski definition) is 2. The summed E-state index contributed by atoms with van der Waals surface area (Å²) in [7, 11) is 0. The summed E-state index contributed by atoms with van der Waals surface area (Å²) in [5.74, 6) is 0.620. The van der Waals surface area contributed by atoms with Gasteiger partial charge in [0.1, 0.15) is 0 Å². The van der Waals surface area contributed by atoms with Crippen LogP contribution in [0, 0.1) is 6.92 Å². The molecule has 1 atom stereocenters. The zero-order valence-corrected chi connectivity index (χ0v) is 14.9. The van der Waals surface area contributed by atoms with Gasteiger partial charge in [0.2, 0.25) is 5.91 Å². The first-order chi connectivity index (χ1) is 12.0. The van der Waals surface area contributed by atoms with Crippen LogP contribution in [-0.2, 0) is 4.79 Å². The number of carbonyl (C=O) groups excluding carboxylic acids is 2. The van der Waals surface area contributed by atoms with Gasteiger partial charge in [0, 0.05) is 32.2 Å². The molecule has 1 aromatic heterocycles. The zero-order chi connectivity index (χ0) is 17.8. The number of anilines is 1. The number of aromatic nitrogens is 2. The third-order valence-electron chi connectivity index (χ3n) is 4.71. The summed E-state index contributed by atoms with van der Waals surface area (Å²) in [5, 5.41) is 13.6. The van der Waals surface area contributed by atoms with Crippen LogP contribution in [0.2, 0.25) is 0 Å². The molecule has 0 radical (unpaired) electrons. The van der Waals surface area contributed by atoms with Crippen LogP contribution in [0.3, 0.4) is 0 Å². The van der Waals surface area contributed by atoms with Gasteiger partial charge in [0.15, 0.2) is 5.82 Å². The van der Waals surface area contributed by atoms with Crippen LogP contribution in [0.5, 0.6) is 0 Å². The average molecular weight is 346 g/mol. The molecule has 2 heterocycles. The van der Waals surface area contributed by atoms with Gasteiger partial charge < -0.3 is 10.2 Å². The number of aryl methyl sites for hydroxylation is 1. The summed E-state index contributed by atoms with van der Waals surface area (Å²) in [6, 6.07) is 3.46. The van der Waals surface area contributed by atoms with Crippen LogP contribution < -0.4 is 15.5 Å². The van der Waals surface area contributed by atoms with E-state index in [1.807, 2.05) is 26.0 Å². The maximum absolute atomic E-state index is 12.3. The maximum atomic E-state index is 12.3. The number of imide groups is 1. The first-order valence-corrected chi connectivity index (χ1v) is 8.93. The lowest BCUT2D eigenvalue weighted by Crippen LogP contribution is -2.50. The Morgan fingerprint density at radius 1 is 1.16 bits per heavy atom. The van der Waals surface area contributed by atoms with Crippen molar-refractivity contribution in [3.8, 4) is 0 Å². The Hall–Kier alpha value is -2.22. The highest BCUT2D eigenvalue weighted by Crippen LogP contribution is 2.18. The maximum Gasteiger partial charge on any atom is 0.321 e. The molecule has 1 aromatic rings. The number of carbonyl (C=O) groups is 2. The lowest BCUT2D eigenvalue weighted by molar-refractivity contribution is -0.124. The number of hydrogen-bond acceptors (Lipinski definition) is 6. The molecule has 8 nitrogen and oxygen atoms in total. The number of nitrogens with one attached hydrogen (secondary N) is 2. The van der Waals surface area contributed by atoms with Crippen LogP contribution in [0.15, 0.2) is 12.1 Å². The molecule has 3 rings (SSSR count). The van der Waals surface area contributed by atoms with Crippen LogP contribution in [0.25, 0.3) is 0 Å². The summed E-state index contributed by atoms with van der Waals surface area (Å²) < 4.78 is 0. The van der Waals surface area contributed by atoms with Gasteiger partial charge in [-0.05, 0) is 45.2 Å². The topological polar surface area (TPSA) is 90.5 Å². The molecule has 0 spiro atoms. The molecule has 2 fully saturated rings. The molecule has 1 aliphatic carbocycles. The van der Waals surface area contributed by atoms with Gasteiger partial charge in [-0.2, -0.15) is 5.10 Å². The van der Waals surface area contributed by atoms with Crippen LogP contribution in [-0.4, -0.2) is 65.3 Å². The van der Waals surface area contributed by atoms with Gasteiger partial charge in [-0.15, -0.1) is 5.10 Å². The van der Waals surface area contributed by atoms with Crippen LogP contribution in [0.1, 0.15) is 31.9 Å². The molecule has 1 aliphatic heterocycles. The second-order valence-electron chi connectivity index (χ2n) is 6.82. The lowest BCUT2D eigenvalue weighted by atomic mass is 10.2. The molecular formula is C17H26N6O2. The summed E-state index contributed by atoms with van der Waals surface area (Å²) in [6.07, 6.45) is 2.93. The Morgan fingerprint density at radius 2 is 1.96 bits per heavy atom. The zero-order valence-electron chi connectivity index (χ0n) is 14.9. The monoisotopic (exact) mass is 346 g/mol. The van der Waals surface area contributed by atoms with Crippen molar-refractivity contribution in [3.63, 3.8) is 0 Å². The van der Waals surface area contributed by atoms with Crippen LogP contribution >= 0.6 is 0 Å². The first kappa shape index (κ1) is 17.6. The summed E-state index contributed by atoms with van der Waals surface area (Å²) in [4.78, 5) is 28.3. The van der Waals surface area contributed by atoms with Gasteiger partial charge in [-0.25, -0.2) is 4.79 Å². The number of rotatable bonds is 4. The van der Waals surface area contributed by atoms with E-state index in [2.05, 4.69) is 30.6 Å². The first-order valence-electron chi connectivity index (χ1n) is 8.93. The molecule has 1 saturated heterocycles. The van der Waals surface area contributed by atoms with E-state index in [-0.39, 0.29) is 24.0 Å². The van der Waals surface area contributed by atoms with Gasteiger partial charge in [-0.1, -0.05) is 0 Å². The molecule has 136 valence electrons. The van der Waals surface area contributed by atoms with E-state index >= 15 is 0 Å². The average Bonchev–Trinajstić information content (AvgIpc) is 3.41. The molecule has 1 saturated carbocycles. The van der Waals surface area contributed by atoms with Crippen molar-refractivity contribution in [2.24, 2.45) is 0 Å². The van der Waals surface area contributed by atoms with Gasteiger partial charge in [0.05, 0.1) is 11.7 Å². The smallest absolute Gasteiger partial charge is 0.321 e. The SMILES string of the molecule is Cc1ccc(N2CCCN([C@@H](C)C(=O)NC(=O)NC3CC3)CC2)nn1. The molecule has 0 unspecified atom stereocenters. The summed E-state index contributed by atoms with van der Waals surface area (Å²) in [5.41, 5.74) is 0.898. The van der Waals surface area contributed by atoms with Crippen molar-refractivity contribution in [2.75, 3.05) is 31.1 Å².